The lowest BCUT2D eigenvalue weighted by molar-refractivity contribution is -0.136. The van der Waals surface area contributed by atoms with Crippen LogP contribution in [0, 0.1) is 0 Å². The van der Waals surface area contributed by atoms with Crippen molar-refractivity contribution in [3.05, 3.63) is 65.9 Å². The van der Waals surface area contributed by atoms with Gasteiger partial charge in [-0.25, -0.2) is 4.79 Å². The molecule has 0 saturated heterocycles. The topological polar surface area (TPSA) is 61.5 Å². The molecule has 0 aliphatic rings. The fraction of sp³-hybridized carbons (Fsp3) is 0.0625. The minimum Gasteiger partial charge on any atom is -0.464 e. The molecule has 102 valence electrons. The van der Waals surface area contributed by atoms with Crippen LogP contribution in [0.5, 0.6) is 11.5 Å². The first-order valence-electron chi connectivity index (χ1n) is 6.07. The summed E-state index contributed by atoms with van der Waals surface area (Å²) in [5, 5.41) is 0. The highest BCUT2D eigenvalue weighted by Crippen LogP contribution is 2.22. The Kier molecular flexibility index (Phi) is 4.39. The lowest BCUT2D eigenvalue weighted by atomic mass is 10.2. The van der Waals surface area contributed by atoms with Gasteiger partial charge in [0.15, 0.2) is 0 Å². The number of carbonyl (C=O) groups excluding carboxylic acids is 1. The number of ether oxygens (including phenoxy) is 2. The van der Waals surface area contributed by atoms with E-state index < -0.39 is 5.97 Å². The summed E-state index contributed by atoms with van der Waals surface area (Å²) in [5.74, 6) is 0.858. The third kappa shape index (κ3) is 3.62. The first-order chi connectivity index (χ1) is 9.69. The van der Waals surface area contributed by atoms with Crippen LogP contribution >= 0.6 is 0 Å². The van der Waals surface area contributed by atoms with E-state index in [1.165, 1.54) is 7.11 Å². The molecular weight excluding hydrogens is 254 g/mol. The largest absolute Gasteiger partial charge is 0.464 e. The third-order valence-corrected chi connectivity index (χ3v) is 2.58. The second-order valence-corrected chi connectivity index (χ2v) is 4.08. The second-order valence-electron chi connectivity index (χ2n) is 4.08. The van der Waals surface area contributed by atoms with Gasteiger partial charge in [0.1, 0.15) is 17.2 Å². The summed E-state index contributed by atoms with van der Waals surface area (Å²) in [7, 11) is 1.29. The van der Waals surface area contributed by atoms with Crippen molar-refractivity contribution in [2.45, 2.75) is 0 Å². The minimum atomic E-state index is -0.556. The van der Waals surface area contributed by atoms with Crippen molar-refractivity contribution in [2.24, 2.45) is 5.73 Å². The van der Waals surface area contributed by atoms with E-state index in [1.807, 2.05) is 48.5 Å². The molecule has 0 aromatic heterocycles. The zero-order chi connectivity index (χ0) is 14.4. The summed E-state index contributed by atoms with van der Waals surface area (Å²) in [6.45, 7) is 0. The van der Waals surface area contributed by atoms with E-state index in [2.05, 4.69) is 4.74 Å². The molecule has 0 aliphatic carbocycles. The Bertz CT molecular complexity index is 621. The van der Waals surface area contributed by atoms with Crippen LogP contribution in [0.15, 0.2) is 60.3 Å². The van der Waals surface area contributed by atoms with E-state index in [-0.39, 0.29) is 5.70 Å². The van der Waals surface area contributed by atoms with Crippen LogP contribution in [0.2, 0.25) is 0 Å². The van der Waals surface area contributed by atoms with Gasteiger partial charge in [0.05, 0.1) is 7.11 Å². The summed E-state index contributed by atoms with van der Waals surface area (Å²) >= 11 is 0. The minimum absolute atomic E-state index is 0.0457. The van der Waals surface area contributed by atoms with Crippen molar-refractivity contribution in [3.8, 4) is 11.5 Å². The predicted octanol–water partition coefficient (Wildman–Crippen LogP) is 2.95. The van der Waals surface area contributed by atoms with E-state index in [0.29, 0.717) is 5.75 Å². The molecule has 0 bridgehead atoms. The summed E-state index contributed by atoms with van der Waals surface area (Å²) in [5.41, 5.74) is 6.42. The van der Waals surface area contributed by atoms with Crippen LogP contribution in [-0.2, 0) is 9.53 Å². The van der Waals surface area contributed by atoms with Crippen LogP contribution < -0.4 is 10.5 Å². The molecule has 0 radical (unpaired) electrons. The molecule has 2 N–H and O–H groups in total. The average Bonchev–Trinajstić information content (AvgIpc) is 2.47. The summed E-state index contributed by atoms with van der Waals surface area (Å²) in [6, 6.07) is 16.7. The van der Waals surface area contributed by atoms with E-state index in [4.69, 9.17) is 10.5 Å². The smallest absolute Gasteiger partial charge is 0.353 e. The molecule has 20 heavy (non-hydrogen) atoms. The number of nitrogens with two attached hydrogens (primary N) is 1. The Labute approximate surface area is 117 Å². The van der Waals surface area contributed by atoms with Crippen molar-refractivity contribution in [1.29, 1.82) is 0 Å². The first kappa shape index (κ1) is 13.7. The number of methoxy groups -OCH3 is 1. The molecule has 0 amide bonds. The van der Waals surface area contributed by atoms with Gasteiger partial charge in [0, 0.05) is 0 Å². The van der Waals surface area contributed by atoms with Gasteiger partial charge in [-0.1, -0.05) is 30.3 Å². The summed E-state index contributed by atoms with van der Waals surface area (Å²) in [4.78, 5) is 11.2. The van der Waals surface area contributed by atoms with Crippen LogP contribution in [0.3, 0.4) is 0 Å². The van der Waals surface area contributed by atoms with Crippen LogP contribution in [0.1, 0.15) is 5.56 Å². The SMILES string of the molecule is COC(=O)/C(N)=C/c1cccc(Oc2ccccc2)c1. The Morgan fingerprint density at radius 1 is 1.05 bits per heavy atom. The number of benzene rings is 2. The van der Waals surface area contributed by atoms with E-state index in [0.717, 1.165) is 11.3 Å². The molecule has 0 heterocycles. The molecule has 4 nitrogen and oxygen atoms in total. The molecule has 2 aromatic rings. The molecule has 0 saturated carbocycles. The van der Waals surface area contributed by atoms with Gasteiger partial charge in [-0.3, -0.25) is 0 Å². The second kappa shape index (κ2) is 6.43. The van der Waals surface area contributed by atoms with Crippen molar-refractivity contribution < 1.29 is 14.3 Å². The maximum atomic E-state index is 11.2. The average molecular weight is 269 g/mol. The fourth-order valence-corrected chi connectivity index (χ4v) is 1.65. The normalized spacial score (nSPS) is 10.9. The van der Waals surface area contributed by atoms with Gasteiger partial charge in [-0.05, 0) is 35.9 Å². The van der Waals surface area contributed by atoms with E-state index in [9.17, 15) is 4.79 Å². The highest BCUT2D eigenvalue weighted by atomic mass is 16.5. The van der Waals surface area contributed by atoms with Gasteiger partial charge >= 0.3 is 5.97 Å². The molecule has 2 aromatic carbocycles. The van der Waals surface area contributed by atoms with Gasteiger partial charge in [-0.2, -0.15) is 0 Å². The number of hydrogen-bond acceptors (Lipinski definition) is 4. The van der Waals surface area contributed by atoms with Crippen LogP contribution in [-0.4, -0.2) is 13.1 Å². The van der Waals surface area contributed by atoms with Crippen molar-refractivity contribution in [1.82, 2.24) is 0 Å². The number of hydrogen-bond donors (Lipinski definition) is 1. The van der Waals surface area contributed by atoms with Gasteiger partial charge in [-0.15, -0.1) is 0 Å². The molecule has 4 heteroatoms. The van der Waals surface area contributed by atoms with Crippen LogP contribution in [0.25, 0.3) is 6.08 Å². The molecule has 0 aliphatic heterocycles. The Morgan fingerprint density at radius 2 is 1.75 bits per heavy atom. The van der Waals surface area contributed by atoms with E-state index >= 15 is 0 Å². The molecule has 0 atom stereocenters. The van der Waals surface area contributed by atoms with Crippen LogP contribution in [0.4, 0.5) is 0 Å². The van der Waals surface area contributed by atoms with Gasteiger partial charge in [0.2, 0.25) is 0 Å². The maximum absolute atomic E-state index is 11.2. The molecule has 0 spiro atoms. The Hall–Kier alpha value is -2.75. The van der Waals surface area contributed by atoms with Crippen molar-refractivity contribution >= 4 is 12.0 Å². The van der Waals surface area contributed by atoms with Gasteiger partial charge < -0.3 is 15.2 Å². The summed E-state index contributed by atoms with van der Waals surface area (Å²) < 4.78 is 10.2. The Balaban J connectivity index is 2.18. The zero-order valence-corrected chi connectivity index (χ0v) is 11.1. The standard InChI is InChI=1S/C16H15NO3/c1-19-16(18)15(17)11-12-6-5-9-14(10-12)20-13-7-3-2-4-8-13/h2-11H,17H2,1H3/b15-11-. The van der Waals surface area contributed by atoms with E-state index in [1.54, 1.807) is 12.1 Å². The number of esters is 1. The summed E-state index contributed by atoms with van der Waals surface area (Å²) in [6.07, 6.45) is 1.55. The first-order valence-corrected chi connectivity index (χ1v) is 6.07. The monoisotopic (exact) mass is 269 g/mol. The molecule has 2 rings (SSSR count). The van der Waals surface area contributed by atoms with Crippen molar-refractivity contribution in [2.75, 3.05) is 7.11 Å². The number of para-hydroxylation sites is 1. The highest BCUT2D eigenvalue weighted by molar-refractivity contribution is 5.92. The number of carbonyl (C=O) groups is 1. The predicted molar refractivity (Wildman–Crippen MR) is 77.1 cm³/mol. The van der Waals surface area contributed by atoms with Gasteiger partial charge in [0.25, 0.3) is 0 Å². The zero-order valence-electron chi connectivity index (χ0n) is 11.1. The third-order valence-electron chi connectivity index (χ3n) is 2.58. The van der Waals surface area contributed by atoms with Crippen molar-refractivity contribution in [3.63, 3.8) is 0 Å². The quantitative estimate of drug-likeness (QED) is 0.684. The molecule has 0 fully saturated rings. The lowest BCUT2D eigenvalue weighted by Gasteiger charge is -2.06. The maximum Gasteiger partial charge on any atom is 0.353 e. The Morgan fingerprint density at radius 3 is 2.45 bits per heavy atom. The fourth-order valence-electron chi connectivity index (χ4n) is 1.65. The number of rotatable bonds is 4. The molecular formula is C16H15NO3. The highest BCUT2D eigenvalue weighted by Gasteiger charge is 2.04. The lowest BCUT2D eigenvalue weighted by Crippen LogP contribution is -2.12. The molecule has 0 unspecified atom stereocenters.